The van der Waals surface area contributed by atoms with Crippen molar-refractivity contribution in [1.29, 1.82) is 0 Å². The minimum atomic E-state index is 0.366. The number of nitrogens with one attached hydrogen (secondary N) is 1. The molecule has 0 aliphatic rings. The van der Waals surface area contributed by atoms with Crippen LogP contribution in [0.5, 0.6) is 0 Å². The lowest BCUT2D eigenvalue weighted by Crippen LogP contribution is -2.12. The van der Waals surface area contributed by atoms with Crippen LogP contribution in [0.1, 0.15) is 5.69 Å². The summed E-state index contributed by atoms with van der Waals surface area (Å²) in [6.07, 6.45) is 5.05. The highest BCUT2D eigenvalue weighted by Gasteiger charge is 2.11. The van der Waals surface area contributed by atoms with Gasteiger partial charge in [-0.1, -0.05) is 11.6 Å². The van der Waals surface area contributed by atoms with Gasteiger partial charge in [0.25, 0.3) is 11.9 Å². The summed E-state index contributed by atoms with van der Waals surface area (Å²) in [6.45, 7) is 1.81. The average Bonchev–Trinajstić information content (AvgIpc) is 3.09. The van der Waals surface area contributed by atoms with Crippen LogP contribution in [0.2, 0.25) is 5.02 Å². The first-order valence-corrected chi connectivity index (χ1v) is 6.21. The SMILES string of the molecule is CNc1nc(-n2cccn2)nc(-n2cc(Cl)c(C)n2)n1. The summed E-state index contributed by atoms with van der Waals surface area (Å²) >= 11 is 6.00. The van der Waals surface area contributed by atoms with Gasteiger partial charge in [-0.25, -0.2) is 9.36 Å². The van der Waals surface area contributed by atoms with Crippen LogP contribution in [0, 0.1) is 6.92 Å². The van der Waals surface area contributed by atoms with Gasteiger partial charge in [-0.15, -0.1) is 0 Å². The Hall–Kier alpha value is -2.48. The first kappa shape index (κ1) is 12.5. The molecule has 1 N–H and O–H groups in total. The van der Waals surface area contributed by atoms with Crippen molar-refractivity contribution in [3.63, 3.8) is 0 Å². The van der Waals surface area contributed by atoms with Crippen molar-refractivity contribution in [2.45, 2.75) is 6.92 Å². The Labute approximate surface area is 119 Å². The van der Waals surface area contributed by atoms with Gasteiger partial charge in [-0.3, -0.25) is 0 Å². The van der Waals surface area contributed by atoms with Crippen LogP contribution in [0.15, 0.2) is 24.7 Å². The Kier molecular flexibility index (Phi) is 3.07. The number of halogens is 1. The van der Waals surface area contributed by atoms with E-state index in [1.165, 1.54) is 4.68 Å². The van der Waals surface area contributed by atoms with Crippen LogP contribution in [-0.4, -0.2) is 41.6 Å². The van der Waals surface area contributed by atoms with Crippen LogP contribution in [-0.2, 0) is 0 Å². The summed E-state index contributed by atoms with van der Waals surface area (Å²) in [5, 5.41) is 11.8. The summed E-state index contributed by atoms with van der Waals surface area (Å²) in [5.74, 6) is 1.18. The molecule has 0 fully saturated rings. The highest BCUT2D eigenvalue weighted by atomic mass is 35.5. The molecule has 20 heavy (non-hydrogen) atoms. The van der Waals surface area contributed by atoms with Gasteiger partial charge in [0.05, 0.1) is 16.9 Å². The molecule has 0 aromatic carbocycles. The minimum absolute atomic E-state index is 0.366. The molecular formula is C11H11ClN8. The molecule has 0 bridgehead atoms. The Balaban J connectivity index is 2.13. The zero-order chi connectivity index (χ0) is 14.1. The third kappa shape index (κ3) is 2.21. The van der Waals surface area contributed by atoms with Gasteiger partial charge in [-0.2, -0.15) is 25.1 Å². The summed E-state index contributed by atoms with van der Waals surface area (Å²) in [6, 6.07) is 1.79. The topological polar surface area (TPSA) is 86.3 Å². The van der Waals surface area contributed by atoms with E-state index in [1.807, 2.05) is 6.92 Å². The number of nitrogens with zero attached hydrogens (tertiary/aromatic N) is 7. The van der Waals surface area contributed by atoms with Crippen LogP contribution in [0.25, 0.3) is 11.9 Å². The Bertz CT molecular complexity index is 713. The molecule has 0 atom stereocenters. The lowest BCUT2D eigenvalue weighted by atomic mass is 10.5. The fourth-order valence-corrected chi connectivity index (χ4v) is 1.73. The van der Waals surface area contributed by atoms with Crippen molar-refractivity contribution in [1.82, 2.24) is 34.5 Å². The molecule has 3 aromatic heterocycles. The minimum Gasteiger partial charge on any atom is -0.357 e. The monoisotopic (exact) mass is 290 g/mol. The number of hydrogen-bond acceptors (Lipinski definition) is 6. The largest absolute Gasteiger partial charge is 0.357 e. The second-order valence-electron chi connectivity index (χ2n) is 3.97. The lowest BCUT2D eigenvalue weighted by molar-refractivity contribution is 0.742. The number of aromatic nitrogens is 7. The number of hydrogen-bond donors (Lipinski definition) is 1. The molecule has 0 spiro atoms. The van der Waals surface area contributed by atoms with E-state index in [-0.39, 0.29) is 0 Å². The van der Waals surface area contributed by atoms with Crippen molar-refractivity contribution < 1.29 is 0 Å². The van der Waals surface area contributed by atoms with Crippen LogP contribution in [0.3, 0.4) is 0 Å². The molecule has 8 nitrogen and oxygen atoms in total. The maximum Gasteiger partial charge on any atom is 0.257 e. The Morgan fingerprint density at radius 1 is 1.15 bits per heavy atom. The van der Waals surface area contributed by atoms with Gasteiger partial charge in [0.15, 0.2) is 0 Å². The molecule has 3 aromatic rings. The number of rotatable bonds is 3. The van der Waals surface area contributed by atoms with Gasteiger partial charge in [-0.05, 0) is 13.0 Å². The first-order valence-electron chi connectivity index (χ1n) is 5.83. The Morgan fingerprint density at radius 3 is 2.45 bits per heavy atom. The van der Waals surface area contributed by atoms with Crippen LogP contribution < -0.4 is 5.32 Å². The van der Waals surface area contributed by atoms with Gasteiger partial charge in [0.1, 0.15) is 0 Å². The molecule has 0 aliphatic heterocycles. The van der Waals surface area contributed by atoms with E-state index >= 15 is 0 Å². The Morgan fingerprint density at radius 2 is 1.90 bits per heavy atom. The maximum atomic E-state index is 6.00. The molecule has 102 valence electrons. The third-order valence-corrected chi connectivity index (χ3v) is 2.96. The van der Waals surface area contributed by atoms with Gasteiger partial charge >= 0.3 is 0 Å². The fourth-order valence-electron chi connectivity index (χ4n) is 1.60. The predicted molar refractivity (Wildman–Crippen MR) is 73.4 cm³/mol. The van der Waals surface area contributed by atoms with Gasteiger partial charge in [0.2, 0.25) is 5.95 Å². The van der Waals surface area contributed by atoms with E-state index in [0.29, 0.717) is 28.6 Å². The standard InChI is InChI=1S/C11H11ClN8/c1-7-8(12)6-20(18-7)11-16-9(13-2)15-10(17-11)19-5-3-4-14-19/h3-6H,1-2H3,(H,13,15,16,17). The smallest absolute Gasteiger partial charge is 0.257 e. The lowest BCUT2D eigenvalue weighted by Gasteiger charge is -2.06. The molecule has 0 unspecified atom stereocenters. The zero-order valence-electron chi connectivity index (χ0n) is 10.8. The molecule has 0 saturated heterocycles. The predicted octanol–water partition coefficient (Wildman–Crippen LogP) is 1.25. The number of aryl methyl sites for hydroxylation is 1. The van der Waals surface area contributed by atoms with E-state index in [1.54, 1.807) is 36.4 Å². The summed E-state index contributed by atoms with van der Waals surface area (Å²) in [4.78, 5) is 12.8. The second kappa shape index (κ2) is 4.89. The van der Waals surface area contributed by atoms with Crippen molar-refractivity contribution >= 4 is 17.5 Å². The second-order valence-corrected chi connectivity index (χ2v) is 4.37. The van der Waals surface area contributed by atoms with Crippen LogP contribution in [0.4, 0.5) is 5.95 Å². The summed E-state index contributed by atoms with van der Waals surface area (Å²) in [5.41, 5.74) is 0.707. The van der Waals surface area contributed by atoms with E-state index in [0.717, 1.165) is 0 Å². The molecule has 0 saturated carbocycles. The normalized spacial score (nSPS) is 10.8. The molecule has 0 aliphatic carbocycles. The van der Waals surface area contributed by atoms with Gasteiger partial charge < -0.3 is 5.32 Å². The van der Waals surface area contributed by atoms with Crippen molar-refractivity contribution in [3.05, 3.63) is 35.4 Å². The molecular weight excluding hydrogens is 280 g/mol. The molecule has 3 heterocycles. The maximum absolute atomic E-state index is 6.00. The molecule has 3 rings (SSSR count). The van der Waals surface area contributed by atoms with Crippen molar-refractivity contribution in [2.24, 2.45) is 0 Å². The first-order chi connectivity index (χ1) is 9.67. The van der Waals surface area contributed by atoms with E-state index in [4.69, 9.17) is 11.6 Å². The van der Waals surface area contributed by atoms with Crippen LogP contribution >= 0.6 is 11.6 Å². The fraction of sp³-hybridized carbons (Fsp3) is 0.182. The average molecular weight is 291 g/mol. The highest BCUT2D eigenvalue weighted by molar-refractivity contribution is 6.31. The molecule has 0 amide bonds. The third-order valence-electron chi connectivity index (χ3n) is 2.59. The summed E-state index contributed by atoms with van der Waals surface area (Å²) < 4.78 is 3.05. The number of anilines is 1. The van der Waals surface area contributed by atoms with Crippen molar-refractivity contribution in [2.75, 3.05) is 12.4 Å². The summed E-state index contributed by atoms with van der Waals surface area (Å²) in [7, 11) is 1.73. The van der Waals surface area contributed by atoms with Gasteiger partial charge in [0, 0.05) is 19.4 Å². The quantitative estimate of drug-likeness (QED) is 0.781. The zero-order valence-corrected chi connectivity index (χ0v) is 11.6. The van der Waals surface area contributed by atoms with Crippen molar-refractivity contribution in [3.8, 4) is 11.9 Å². The van der Waals surface area contributed by atoms with E-state index in [9.17, 15) is 0 Å². The van der Waals surface area contributed by atoms with E-state index in [2.05, 4.69) is 30.5 Å². The van der Waals surface area contributed by atoms with E-state index < -0.39 is 0 Å². The molecule has 0 radical (unpaired) electrons. The molecule has 9 heteroatoms. The highest BCUT2D eigenvalue weighted by Crippen LogP contribution is 2.15.